The zero-order valence-electron chi connectivity index (χ0n) is 11.6. The average molecular weight is 247 g/mol. The molecule has 1 aliphatic carbocycles. The van der Waals surface area contributed by atoms with Crippen molar-refractivity contribution in [1.82, 2.24) is 5.32 Å². The second-order valence-electron chi connectivity index (χ2n) is 5.55. The van der Waals surface area contributed by atoms with Gasteiger partial charge in [0.15, 0.2) is 0 Å². The molecule has 2 nitrogen and oxygen atoms in total. The number of nitrogens with one attached hydrogen (secondary N) is 1. The normalized spacial score (nSPS) is 24.4. The van der Waals surface area contributed by atoms with E-state index in [1.54, 1.807) is 0 Å². The molecule has 0 amide bonds. The molecule has 1 aliphatic rings. The van der Waals surface area contributed by atoms with E-state index in [0.29, 0.717) is 18.2 Å². The molecule has 0 heterocycles. The van der Waals surface area contributed by atoms with Crippen molar-refractivity contribution in [3.05, 3.63) is 35.9 Å². The van der Waals surface area contributed by atoms with Crippen LogP contribution < -0.4 is 5.32 Å². The predicted octanol–water partition coefficient (Wildman–Crippen LogP) is 3.51. The summed E-state index contributed by atoms with van der Waals surface area (Å²) >= 11 is 0. The molecule has 0 saturated heterocycles. The Morgan fingerprint density at radius 1 is 1.17 bits per heavy atom. The number of hydrogen-bond acceptors (Lipinski definition) is 2. The summed E-state index contributed by atoms with van der Waals surface area (Å²) in [7, 11) is 0. The smallest absolute Gasteiger partial charge is 0.0732 e. The Labute approximate surface area is 111 Å². The average Bonchev–Trinajstić information content (AvgIpc) is 2.38. The Kier molecular flexibility index (Phi) is 5.21. The van der Waals surface area contributed by atoms with Crippen molar-refractivity contribution in [2.24, 2.45) is 0 Å². The molecule has 0 bridgehead atoms. The van der Waals surface area contributed by atoms with Crippen molar-refractivity contribution in [3.8, 4) is 0 Å². The van der Waals surface area contributed by atoms with Crippen LogP contribution >= 0.6 is 0 Å². The number of rotatable bonds is 5. The van der Waals surface area contributed by atoms with Crippen molar-refractivity contribution in [2.75, 3.05) is 0 Å². The fourth-order valence-electron chi connectivity index (χ4n) is 2.69. The zero-order valence-corrected chi connectivity index (χ0v) is 11.6. The quantitative estimate of drug-likeness (QED) is 0.859. The summed E-state index contributed by atoms with van der Waals surface area (Å²) in [5, 5.41) is 3.64. The lowest BCUT2D eigenvalue weighted by Gasteiger charge is -2.33. The molecule has 2 heteroatoms. The lowest BCUT2D eigenvalue weighted by atomic mass is 9.92. The molecule has 100 valence electrons. The van der Waals surface area contributed by atoms with E-state index < -0.39 is 0 Å². The van der Waals surface area contributed by atoms with E-state index in [1.165, 1.54) is 31.2 Å². The lowest BCUT2D eigenvalue weighted by molar-refractivity contribution is -0.00741. The van der Waals surface area contributed by atoms with E-state index >= 15 is 0 Å². The maximum atomic E-state index is 6.12. The molecule has 1 N–H and O–H groups in total. The van der Waals surface area contributed by atoms with Crippen molar-refractivity contribution in [3.63, 3.8) is 0 Å². The SMILES string of the molecule is CC(C)N[C@@H]1CCCC[C@@H]1OCc1ccccc1. The van der Waals surface area contributed by atoms with Crippen molar-refractivity contribution in [2.45, 2.75) is 64.3 Å². The molecular weight excluding hydrogens is 222 g/mol. The summed E-state index contributed by atoms with van der Waals surface area (Å²) in [5.41, 5.74) is 1.27. The van der Waals surface area contributed by atoms with Gasteiger partial charge in [-0.1, -0.05) is 57.0 Å². The summed E-state index contributed by atoms with van der Waals surface area (Å²) in [6.45, 7) is 5.16. The fourth-order valence-corrected chi connectivity index (χ4v) is 2.69. The third kappa shape index (κ3) is 4.11. The zero-order chi connectivity index (χ0) is 12.8. The standard InChI is InChI=1S/C16H25NO/c1-13(2)17-15-10-6-7-11-16(15)18-12-14-8-4-3-5-9-14/h3-5,8-9,13,15-17H,6-7,10-12H2,1-2H3/t15-,16+/m1/s1. The molecule has 0 radical (unpaired) electrons. The first-order valence-electron chi connectivity index (χ1n) is 7.17. The highest BCUT2D eigenvalue weighted by Crippen LogP contribution is 2.22. The molecule has 1 aromatic rings. The Morgan fingerprint density at radius 2 is 1.89 bits per heavy atom. The monoisotopic (exact) mass is 247 g/mol. The molecule has 2 atom stereocenters. The first kappa shape index (κ1) is 13.6. The van der Waals surface area contributed by atoms with Crippen molar-refractivity contribution >= 4 is 0 Å². The minimum Gasteiger partial charge on any atom is -0.372 e. The number of ether oxygens (including phenoxy) is 1. The van der Waals surface area contributed by atoms with Gasteiger partial charge in [-0.15, -0.1) is 0 Å². The molecule has 0 aliphatic heterocycles. The van der Waals surface area contributed by atoms with Gasteiger partial charge in [0.25, 0.3) is 0 Å². The second-order valence-corrected chi connectivity index (χ2v) is 5.55. The Bertz CT molecular complexity index is 336. The van der Waals surface area contributed by atoms with Crippen molar-refractivity contribution in [1.29, 1.82) is 0 Å². The van der Waals surface area contributed by atoms with E-state index in [9.17, 15) is 0 Å². The maximum Gasteiger partial charge on any atom is 0.0732 e. The minimum absolute atomic E-state index is 0.376. The van der Waals surface area contributed by atoms with Crippen LogP contribution in [-0.4, -0.2) is 18.2 Å². The lowest BCUT2D eigenvalue weighted by Crippen LogP contribution is -2.46. The van der Waals surface area contributed by atoms with Gasteiger partial charge in [-0.2, -0.15) is 0 Å². The highest BCUT2D eigenvalue weighted by Gasteiger charge is 2.25. The van der Waals surface area contributed by atoms with Crippen LogP contribution in [0.15, 0.2) is 30.3 Å². The highest BCUT2D eigenvalue weighted by atomic mass is 16.5. The van der Waals surface area contributed by atoms with Gasteiger partial charge in [0.2, 0.25) is 0 Å². The van der Waals surface area contributed by atoms with Gasteiger partial charge >= 0.3 is 0 Å². The number of benzene rings is 1. The number of hydrogen-bond donors (Lipinski definition) is 1. The van der Waals surface area contributed by atoms with Crippen LogP contribution in [-0.2, 0) is 11.3 Å². The van der Waals surface area contributed by atoms with Gasteiger partial charge in [0, 0.05) is 12.1 Å². The Hall–Kier alpha value is -0.860. The van der Waals surface area contributed by atoms with E-state index in [1.807, 2.05) is 6.07 Å². The van der Waals surface area contributed by atoms with E-state index in [4.69, 9.17) is 4.74 Å². The third-order valence-electron chi connectivity index (χ3n) is 3.56. The van der Waals surface area contributed by atoms with Gasteiger partial charge in [0.1, 0.15) is 0 Å². The van der Waals surface area contributed by atoms with Crippen molar-refractivity contribution < 1.29 is 4.74 Å². The van der Waals surface area contributed by atoms with Crippen LogP contribution in [0.2, 0.25) is 0 Å². The molecule has 1 aromatic carbocycles. The van der Waals surface area contributed by atoms with Gasteiger partial charge < -0.3 is 10.1 Å². The van der Waals surface area contributed by atoms with Crippen LogP contribution in [0.25, 0.3) is 0 Å². The molecule has 0 unspecified atom stereocenters. The molecule has 1 fully saturated rings. The topological polar surface area (TPSA) is 21.3 Å². The minimum atomic E-state index is 0.376. The summed E-state index contributed by atoms with van der Waals surface area (Å²) in [6, 6.07) is 11.5. The van der Waals surface area contributed by atoms with Crippen LogP contribution in [0.4, 0.5) is 0 Å². The second kappa shape index (κ2) is 6.91. The largest absolute Gasteiger partial charge is 0.372 e. The first-order valence-corrected chi connectivity index (χ1v) is 7.17. The van der Waals surface area contributed by atoms with E-state index in [0.717, 1.165) is 6.61 Å². The molecule has 2 rings (SSSR count). The molecule has 0 aromatic heterocycles. The first-order chi connectivity index (χ1) is 8.75. The van der Waals surface area contributed by atoms with Gasteiger partial charge in [-0.3, -0.25) is 0 Å². The molecule has 0 spiro atoms. The molecule has 18 heavy (non-hydrogen) atoms. The van der Waals surface area contributed by atoms with Gasteiger partial charge in [0.05, 0.1) is 12.7 Å². The third-order valence-corrected chi connectivity index (χ3v) is 3.56. The summed E-state index contributed by atoms with van der Waals surface area (Å²) in [4.78, 5) is 0. The summed E-state index contributed by atoms with van der Waals surface area (Å²) in [6.07, 6.45) is 5.45. The van der Waals surface area contributed by atoms with Crippen LogP contribution in [0.5, 0.6) is 0 Å². The van der Waals surface area contributed by atoms with Gasteiger partial charge in [-0.25, -0.2) is 0 Å². The van der Waals surface area contributed by atoms with Crippen LogP contribution in [0.3, 0.4) is 0 Å². The predicted molar refractivity (Wildman–Crippen MR) is 75.5 cm³/mol. The molecular formula is C16H25NO. The Morgan fingerprint density at radius 3 is 2.61 bits per heavy atom. The van der Waals surface area contributed by atoms with Crippen LogP contribution in [0, 0.1) is 0 Å². The highest BCUT2D eigenvalue weighted by molar-refractivity contribution is 5.13. The summed E-state index contributed by atoms with van der Waals surface area (Å²) < 4.78 is 6.12. The Balaban J connectivity index is 1.85. The fraction of sp³-hybridized carbons (Fsp3) is 0.625. The molecule has 1 saturated carbocycles. The van der Waals surface area contributed by atoms with E-state index in [-0.39, 0.29) is 0 Å². The van der Waals surface area contributed by atoms with E-state index in [2.05, 4.69) is 43.4 Å². The summed E-state index contributed by atoms with van der Waals surface area (Å²) in [5.74, 6) is 0. The van der Waals surface area contributed by atoms with Crippen LogP contribution in [0.1, 0.15) is 45.1 Å². The maximum absolute atomic E-state index is 6.12. The van der Waals surface area contributed by atoms with Gasteiger partial charge in [-0.05, 0) is 18.4 Å².